The van der Waals surface area contributed by atoms with Crippen molar-refractivity contribution in [3.8, 4) is 17.0 Å². The molecule has 3 aromatic rings. The molecule has 5 heteroatoms. The highest BCUT2D eigenvalue weighted by Crippen LogP contribution is 2.31. The van der Waals surface area contributed by atoms with Crippen molar-refractivity contribution in [2.75, 3.05) is 18.6 Å². The van der Waals surface area contributed by atoms with Gasteiger partial charge in [0.05, 0.1) is 12.8 Å². The lowest BCUT2D eigenvalue weighted by Crippen LogP contribution is -2.32. The SMILES string of the molecule is COc1ccc2c(c1)CCCCN2C(=O)c1cc(-c2ccc(C)cc2)n[nH]1. The van der Waals surface area contributed by atoms with Crippen molar-refractivity contribution < 1.29 is 9.53 Å². The number of H-pyrrole nitrogens is 1. The lowest BCUT2D eigenvalue weighted by Gasteiger charge is -2.22. The molecule has 1 N–H and O–H groups in total. The molecule has 1 aliphatic heterocycles. The Morgan fingerprint density at radius 1 is 1.11 bits per heavy atom. The Morgan fingerprint density at radius 3 is 2.70 bits per heavy atom. The Morgan fingerprint density at radius 2 is 1.93 bits per heavy atom. The third kappa shape index (κ3) is 3.45. The van der Waals surface area contributed by atoms with Gasteiger partial charge < -0.3 is 9.64 Å². The molecule has 27 heavy (non-hydrogen) atoms. The summed E-state index contributed by atoms with van der Waals surface area (Å²) in [6, 6.07) is 15.9. The molecule has 2 aromatic carbocycles. The zero-order valence-corrected chi connectivity index (χ0v) is 15.7. The summed E-state index contributed by atoms with van der Waals surface area (Å²) in [4.78, 5) is 15.0. The van der Waals surface area contributed by atoms with Crippen LogP contribution in [0, 0.1) is 6.92 Å². The Balaban J connectivity index is 1.64. The summed E-state index contributed by atoms with van der Waals surface area (Å²) in [5, 5.41) is 7.27. The molecule has 1 aromatic heterocycles. The summed E-state index contributed by atoms with van der Waals surface area (Å²) in [5.41, 5.74) is 5.60. The number of nitrogens with zero attached hydrogens (tertiary/aromatic N) is 2. The van der Waals surface area contributed by atoms with Crippen LogP contribution < -0.4 is 9.64 Å². The largest absolute Gasteiger partial charge is 0.497 e. The summed E-state index contributed by atoms with van der Waals surface area (Å²) in [6.45, 7) is 2.76. The first-order chi connectivity index (χ1) is 13.2. The van der Waals surface area contributed by atoms with Gasteiger partial charge in [-0.25, -0.2) is 0 Å². The average molecular weight is 361 g/mol. The van der Waals surface area contributed by atoms with Gasteiger partial charge in [0, 0.05) is 17.8 Å². The quantitative estimate of drug-likeness (QED) is 0.753. The lowest BCUT2D eigenvalue weighted by molar-refractivity contribution is 0.0982. The molecule has 0 unspecified atom stereocenters. The van der Waals surface area contributed by atoms with E-state index < -0.39 is 0 Å². The standard InChI is InChI=1S/C22H23N3O2/c1-15-6-8-16(9-7-15)19-14-20(24-23-19)22(26)25-12-4-3-5-17-13-18(27-2)10-11-21(17)25/h6-11,13-14H,3-5,12H2,1-2H3,(H,23,24). The molecule has 1 aliphatic rings. The fourth-order valence-corrected chi connectivity index (χ4v) is 3.52. The molecule has 0 spiro atoms. The Bertz CT molecular complexity index is 960. The van der Waals surface area contributed by atoms with Crippen LogP contribution in [0.4, 0.5) is 5.69 Å². The first kappa shape index (κ1) is 17.3. The average Bonchev–Trinajstić information content (AvgIpc) is 3.09. The highest BCUT2D eigenvalue weighted by Gasteiger charge is 2.24. The van der Waals surface area contributed by atoms with Gasteiger partial charge in [-0.15, -0.1) is 0 Å². The fraction of sp³-hybridized carbons (Fsp3) is 0.273. The van der Waals surface area contributed by atoms with E-state index in [0.717, 1.165) is 47.5 Å². The maximum Gasteiger partial charge on any atom is 0.276 e. The van der Waals surface area contributed by atoms with Gasteiger partial charge in [0.1, 0.15) is 11.4 Å². The van der Waals surface area contributed by atoms with E-state index in [1.807, 2.05) is 53.4 Å². The zero-order valence-electron chi connectivity index (χ0n) is 15.7. The van der Waals surface area contributed by atoms with Gasteiger partial charge >= 0.3 is 0 Å². The number of carbonyl (C=O) groups is 1. The summed E-state index contributed by atoms with van der Waals surface area (Å²) >= 11 is 0. The van der Waals surface area contributed by atoms with Crippen molar-refractivity contribution in [2.45, 2.75) is 26.2 Å². The number of hydrogen-bond acceptors (Lipinski definition) is 3. The number of benzene rings is 2. The van der Waals surface area contributed by atoms with E-state index in [-0.39, 0.29) is 5.91 Å². The molecular formula is C22H23N3O2. The van der Waals surface area contributed by atoms with Crippen LogP contribution >= 0.6 is 0 Å². The van der Waals surface area contributed by atoms with Crippen LogP contribution in [-0.4, -0.2) is 29.8 Å². The number of amides is 1. The fourth-order valence-electron chi connectivity index (χ4n) is 3.52. The number of hydrogen-bond donors (Lipinski definition) is 1. The second-order valence-corrected chi connectivity index (χ2v) is 6.94. The first-order valence-electron chi connectivity index (χ1n) is 9.27. The maximum absolute atomic E-state index is 13.2. The first-order valence-corrected chi connectivity index (χ1v) is 9.27. The van der Waals surface area contributed by atoms with Crippen LogP contribution in [0.2, 0.25) is 0 Å². The summed E-state index contributed by atoms with van der Waals surface area (Å²) < 4.78 is 5.34. The second kappa shape index (κ2) is 7.27. The number of aromatic amines is 1. The van der Waals surface area contributed by atoms with Crippen molar-refractivity contribution in [1.82, 2.24) is 10.2 Å². The van der Waals surface area contributed by atoms with Crippen LogP contribution in [0.3, 0.4) is 0 Å². The second-order valence-electron chi connectivity index (χ2n) is 6.94. The van der Waals surface area contributed by atoms with Crippen LogP contribution in [0.1, 0.15) is 34.5 Å². The minimum Gasteiger partial charge on any atom is -0.497 e. The predicted molar refractivity (Wildman–Crippen MR) is 106 cm³/mol. The van der Waals surface area contributed by atoms with Gasteiger partial charge in [0.2, 0.25) is 0 Å². The minimum atomic E-state index is -0.0471. The van der Waals surface area contributed by atoms with Gasteiger partial charge in [0.15, 0.2) is 0 Å². The van der Waals surface area contributed by atoms with Gasteiger partial charge in [-0.05, 0) is 56.0 Å². The Labute approximate surface area is 159 Å². The van der Waals surface area contributed by atoms with E-state index in [1.54, 1.807) is 7.11 Å². The van der Waals surface area contributed by atoms with E-state index in [4.69, 9.17) is 4.74 Å². The number of aryl methyl sites for hydroxylation is 2. The predicted octanol–water partition coefficient (Wildman–Crippen LogP) is 4.38. The number of methoxy groups -OCH3 is 1. The highest BCUT2D eigenvalue weighted by molar-refractivity contribution is 6.05. The van der Waals surface area contributed by atoms with E-state index in [0.29, 0.717) is 12.2 Å². The number of anilines is 1. The molecule has 138 valence electrons. The maximum atomic E-state index is 13.2. The normalized spacial score (nSPS) is 13.8. The number of ether oxygens (including phenoxy) is 1. The number of aromatic nitrogens is 2. The summed E-state index contributed by atoms with van der Waals surface area (Å²) in [5.74, 6) is 0.778. The molecule has 0 saturated carbocycles. The molecule has 0 fully saturated rings. The van der Waals surface area contributed by atoms with Gasteiger partial charge in [-0.3, -0.25) is 9.89 Å². The molecule has 0 bridgehead atoms. The van der Waals surface area contributed by atoms with Crippen LogP contribution in [-0.2, 0) is 6.42 Å². The van der Waals surface area contributed by atoms with Crippen LogP contribution in [0.5, 0.6) is 5.75 Å². The van der Waals surface area contributed by atoms with Crippen molar-refractivity contribution in [1.29, 1.82) is 0 Å². The van der Waals surface area contributed by atoms with Crippen molar-refractivity contribution in [3.05, 3.63) is 65.4 Å². The Kier molecular flexibility index (Phi) is 4.67. The molecule has 1 amide bonds. The lowest BCUT2D eigenvalue weighted by atomic mass is 10.1. The smallest absolute Gasteiger partial charge is 0.276 e. The molecule has 4 rings (SSSR count). The van der Waals surface area contributed by atoms with E-state index in [1.165, 1.54) is 5.56 Å². The van der Waals surface area contributed by atoms with E-state index >= 15 is 0 Å². The van der Waals surface area contributed by atoms with Gasteiger partial charge in [0.25, 0.3) is 5.91 Å². The molecule has 0 saturated heterocycles. The number of nitrogens with one attached hydrogen (secondary N) is 1. The van der Waals surface area contributed by atoms with E-state index in [2.05, 4.69) is 17.1 Å². The van der Waals surface area contributed by atoms with Crippen molar-refractivity contribution in [2.24, 2.45) is 0 Å². The van der Waals surface area contributed by atoms with Crippen LogP contribution in [0.15, 0.2) is 48.5 Å². The summed E-state index contributed by atoms with van der Waals surface area (Å²) in [7, 11) is 1.67. The number of fused-ring (bicyclic) bond motifs is 1. The molecular weight excluding hydrogens is 338 g/mol. The monoisotopic (exact) mass is 361 g/mol. The van der Waals surface area contributed by atoms with E-state index in [9.17, 15) is 4.79 Å². The third-order valence-electron chi connectivity index (χ3n) is 5.06. The molecule has 2 heterocycles. The minimum absolute atomic E-state index is 0.0471. The van der Waals surface area contributed by atoms with Crippen molar-refractivity contribution in [3.63, 3.8) is 0 Å². The van der Waals surface area contributed by atoms with Gasteiger partial charge in [-0.2, -0.15) is 5.10 Å². The topological polar surface area (TPSA) is 58.2 Å². The number of rotatable bonds is 3. The zero-order chi connectivity index (χ0) is 18.8. The van der Waals surface area contributed by atoms with Crippen molar-refractivity contribution >= 4 is 11.6 Å². The van der Waals surface area contributed by atoms with Crippen LogP contribution in [0.25, 0.3) is 11.3 Å². The third-order valence-corrected chi connectivity index (χ3v) is 5.06. The molecule has 0 radical (unpaired) electrons. The molecule has 0 aliphatic carbocycles. The number of carbonyl (C=O) groups excluding carboxylic acids is 1. The van der Waals surface area contributed by atoms with Gasteiger partial charge in [-0.1, -0.05) is 29.8 Å². The molecule has 0 atom stereocenters. The highest BCUT2D eigenvalue weighted by atomic mass is 16.5. The summed E-state index contributed by atoms with van der Waals surface area (Å²) in [6.07, 6.45) is 2.98. The Hall–Kier alpha value is -3.08. The molecule has 5 nitrogen and oxygen atoms in total.